The lowest BCUT2D eigenvalue weighted by atomic mass is 9.95. The second-order valence-electron chi connectivity index (χ2n) is 6.70. The molecule has 4 heterocycles. The number of H-pyrrole nitrogens is 1. The number of nitrogens with one attached hydrogen (secondary N) is 1. The molecule has 2 aromatic rings. The number of hydrogen-bond donors (Lipinski definition) is 1. The van der Waals surface area contributed by atoms with E-state index in [2.05, 4.69) is 20.1 Å². The maximum absolute atomic E-state index is 12.8. The molecule has 24 heavy (non-hydrogen) atoms. The molecule has 1 unspecified atom stereocenters. The molecule has 0 aromatic carbocycles. The average molecular weight is 345 g/mol. The van der Waals surface area contributed by atoms with Crippen molar-refractivity contribution >= 4 is 17.2 Å². The first-order chi connectivity index (χ1) is 11.8. The third-order valence-corrected chi connectivity index (χ3v) is 5.96. The lowest BCUT2D eigenvalue weighted by Crippen LogP contribution is -2.38. The van der Waals surface area contributed by atoms with Gasteiger partial charge in [0.1, 0.15) is 9.88 Å². The molecule has 2 fully saturated rings. The number of carbonyl (C=O) groups excluding carboxylic acids is 1. The Hall–Kier alpha value is -1.73. The van der Waals surface area contributed by atoms with E-state index in [1.807, 2.05) is 11.0 Å². The van der Waals surface area contributed by atoms with Crippen molar-refractivity contribution in [3.63, 3.8) is 0 Å². The fraction of sp³-hybridized carbons (Fsp3) is 0.588. The van der Waals surface area contributed by atoms with Crippen LogP contribution in [0, 0.1) is 0 Å². The number of hydrogen-bond acceptors (Lipinski definition) is 5. The molecule has 2 aliphatic heterocycles. The van der Waals surface area contributed by atoms with Crippen LogP contribution >= 0.6 is 11.3 Å². The molecule has 0 bridgehead atoms. The molecule has 0 spiro atoms. The minimum Gasteiger partial charge on any atom is -0.337 e. The molecular weight excluding hydrogens is 322 g/mol. The normalized spacial score (nSPS) is 22.2. The summed E-state index contributed by atoms with van der Waals surface area (Å²) >= 11 is 1.56. The first kappa shape index (κ1) is 15.8. The van der Waals surface area contributed by atoms with E-state index in [0.29, 0.717) is 5.92 Å². The molecule has 2 aromatic heterocycles. The summed E-state index contributed by atoms with van der Waals surface area (Å²) in [6.45, 7) is 4.79. The Morgan fingerprint density at radius 2 is 2.17 bits per heavy atom. The Kier molecular flexibility index (Phi) is 4.62. The van der Waals surface area contributed by atoms with Crippen molar-refractivity contribution in [2.24, 2.45) is 0 Å². The lowest BCUT2D eigenvalue weighted by Gasteiger charge is -2.31. The summed E-state index contributed by atoms with van der Waals surface area (Å²) in [4.78, 5) is 22.5. The molecule has 0 aliphatic carbocycles. The number of piperidine rings is 1. The van der Waals surface area contributed by atoms with Crippen LogP contribution in [0.2, 0.25) is 0 Å². The van der Waals surface area contributed by atoms with Gasteiger partial charge in [-0.2, -0.15) is 5.10 Å². The van der Waals surface area contributed by atoms with Gasteiger partial charge in [-0.15, -0.1) is 11.3 Å². The van der Waals surface area contributed by atoms with E-state index in [0.717, 1.165) is 61.1 Å². The predicted octanol–water partition coefficient (Wildman–Crippen LogP) is 2.48. The zero-order valence-corrected chi connectivity index (χ0v) is 14.6. The fourth-order valence-corrected chi connectivity index (χ4v) is 4.61. The van der Waals surface area contributed by atoms with Crippen LogP contribution in [-0.2, 0) is 6.54 Å². The number of aromatic nitrogens is 3. The van der Waals surface area contributed by atoms with Crippen LogP contribution in [0.1, 0.15) is 52.0 Å². The molecule has 7 heteroatoms. The molecule has 128 valence electrons. The Morgan fingerprint density at radius 3 is 2.96 bits per heavy atom. The zero-order chi connectivity index (χ0) is 16.4. The van der Waals surface area contributed by atoms with E-state index in [-0.39, 0.29) is 5.91 Å². The highest BCUT2D eigenvalue weighted by molar-refractivity contribution is 7.13. The highest BCUT2D eigenvalue weighted by atomic mass is 32.1. The summed E-state index contributed by atoms with van der Waals surface area (Å²) in [5.41, 5.74) is 1.13. The smallest absolute Gasteiger partial charge is 0.265 e. The maximum atomic E-state index is 12.8. The Morgan fingerprint density at radius 1 is 1.29 bits per heavy atom. The minimum atomic E-state index is 0.129. The highest BCUT2D eigenvalue weighted by Crippen LogP contribution is 2.27. The molecule has 6 nitrogen and oxygen atoms in total. The molecule has 1 N–H and O–H groups in total. The zero-order valence-electron chi connectivity index (χ0n) is 13.8. The van der Waals surface area contributed by atoms with Crippen LogP contribution in [0.5, 0.6) is 0 Å². The van der Waals surface area contributed by atoms with Crippen molar-refractivity contribution < 1.29 is 4.79 Å². The van der Waals surface area contributed by atoms with Crippen LogP contribution < -0.4 is 0 Å². The average Bonchev–Trinajstić information content (AvgIpc) is 3.37. The van der Waals surface area contributed by atoms with Crippen molar-refractivity contribution in [2.45, 2.75) is 38.1 Å². The number of rotatable bonds is 4. The van der Waals surface area contributed by atoms with Crippen molar-refractivity contribution in [1.29, 1.82) is 0 Å². The third kappa shape index (κ3) is 3.37. The first-order valence-corrected chi connectivity index (χ1v) is 9.57. The molecule has 4 rings (SSSR count). The van der Waals surface area contributed by atoms with Crippen LogP contribution in [0.4, 0.5) is 0 Å². The molecule has 2 aliphatic rings. The van der Waals surface area contributed by atoms with E-state index in [4.69, 9.17) is 0 Å². The van der Waals surface area contributed by atoms with Gasteiger partial charge < -0.3 is 4.90 Å². The number of thiazole rings is 1. The monoisotopic (exact) mass is 345 g/mol. The summed E-state index contributed by atoms with van der Waals surface area (Å²) in [6.07, 6.45) is 8.24. The van der Waals surface area contributed by atoms with E-state index in [1.54, 1.807) is 23.7 Å². The van der Waals surface area contributed by atoms with Crippen molar-refractivity contribution in [3.05, 3.63) is 34.0 Å². The van der Waals surface area contributed by atoms with Gasteiger partial charge in [0.25, 0.3) is 5.91 Å². The Labute approximate surface area is 145 Å². The second-order valence-corrected chi connectivity index (χ2v) is 7.82. The molecule has 0 radical (unpaired) electrons. The van der Waals surface area contributed by atoms with Crippen LogP contribution in [0.25, 0.3) is 0 Å². The minimum absolute atomic E-state index is 0.129. The number of amides is 1. The Balaban J connectivity index is 1.40. The first-order valence-electron chi connectivity index (χ1n) is 8.75. The summed E-state index contributed by atoms with van der Waals surface area (Å²) in [5, 5.41) is 8.14. The Bertz CT molecular complexity index is 677. The summed E-state index contributed by atoms with van der Waals surface area (Å²) in [7, 11) is 0. The van der Waals surface area contributed by atoms with Gasteiger partial charge in [-0.05, 0) is 44.8 Å². The number of likely N-dealkylation sites (tertiary alicyclic amines) is 2. The summed E-state index contributed by atoms with van der Waals surface area (Å²) in [6, 6.07) is 2.01. The molecule has 0 saturated carbocycles. The lowest BCUT2D eigenvalue weighted by molar-refractivity contribution is 0.0710. The number of aromatic amines is 1. The molecule has 2 saturated heterocycles. The predicted molar refractivity (Wildman–Crippen MR) is 93.1 cm³/mol. The van der Waals surface area contributed by atoms with E-state index in [9.17, 15) is 4.79 Å². The second kappa shape index (κ2) is 7.03. The van der Waals surface area contributed by atoms with Gasteiger partial charge >= 0.3 is 0 Å². The van der Waals surface area contributed by atoms with Crippen LogP contribution in [-0.4, -0.2) is 57.1 Å². The fourth-order valence-electron chi connectivity index (χ4n) is 3.68. The molecule has 1 amide bonds. The quantitative estimate of drug-likeness (QED) is 0.924. The number of carbonyl (C=O) groups is 1. The number of nitrogens with zero attached hydrogens (tertiary/aromatic N) is 4. The standard InChI is InChI=1S/C17H23N5OS/c23-17(15-10-18-16(24-15)12-21-7-1-2-8-21)22-9-3-4-13(11-22)14-5-6-19-20-14/h5-6,10,13H,1-4,7-9,11-12H2,(H,19,20). The van der Waals surface area contributed by atoms with E-state index >= 15 is 0 Å². The van der Waals surface area contributed by atoms with Gasteiger partial charge in [0.15, 0.2) is 0 Å². The van der Waals surface area contributed by atoms with Crippen LogP contribution in [0.15, 0.2) is 18.5 Å². The molecule has 1 atom stereocenters. The van der Waals surface area contributed by atoms with Gasteiger partial charge in [0.05, 0.1) is 12.7 Å². The van der Waals surface area contributed by atoms with Gasteiger partial charge in [-0.1, -0.05) is 0 Å². The topological polar surface area (TPSA) is 65.1 Å². The summed E-state index contributed by atoms with van der Waals surface area (Å²) in [5.74, 6) is 0.492. The maximum Gasteiger partial charge on any atom is 0.265 e. The van der Waals surface area contributed by atoms with E-state index < -0.39 is 0 Å². The summed E-state index contributed by atoms with van der Waals surface area (Å²) < 4.78 is 0. The SMILES string of the molecule is O=C(c1cnc(CN2CCCC2)s1)N1CCCC(c2ccn[nH]2)C1. The van der Waals surface area contributed by atoms with Gasteiger partial charge in [0.2, 0.25) is 0 Å². The van der Waals surface area contributed by atoms with Gasteiger partial charge in [-0.3, -0.25) is 14.8 Å². The van der Waals surface area contributed by atoms with E-state index in [1.165, 1.54) is 12.8 Å². The van der Waals surface area contributed by atoms with Gasteiger partial charge in [0, 0.05) is 30.9 Å². The van der Waals surface area contributed by atoms with Gasteiger partial charge in [-0.25, -0.2) is 4.98 Å². The van der Waals surface area contributed by atoms with Crippen molar-refractivity contribution in [3.8, 4) is 0 Å². The van der Waals surface area contributed by atoms with Crippen molar-refractivity contribution in [1.82, 2.24) is 25.0 Å². The molecular formula is C17H23N5OS. The largest absolute Gasteiger partial charge is 0.337 e. The third-order valence-electron chi connectivity index (χ3n) is 4.99. The van der Waals surface area contributed by atoms with Crippen molar-refractivity contribution in [2.75, 3.05) is 26.2 Å². The van der Waals surface area contributed by atoms with Crippen LogP contribution in [0.3, 0.4) is 0 Å². The highest BCUT2D eigenvalue weighted by Gasteiger charge is 2.27.